The van der Waals surface area contributed by atoms with Crippen molar-refractivity contribution in [3.63, 3.8) is 0 Å². The Bertz CT molecular complexity index is 373. The van der Waals surface area contributed by atoms with Gasteiger partial charge in [-0.2, -0.15) is 8.42 Å². The summed E-state index contributed by atoms with van der Waals surface area (Å²) in [6.07, 6.45) is -2.05. The van der Waals surface area contributed by atoms with E-state index in [2.05, 4.69) is 0 Å². The number of rotatable bonds is 1. The van der Waals surface area contributed by atoms with E-state index in [0.717, 1.165) is 0 Å². The SMILES string of the molecule is O=S(=O)(O)C1(F)C=CC(F)=CC1F. The molecule has 0 radical (unpaired) electrons. The Kier molecular flexibility index (Phi) is 2.25. The van der Waals surface area contributed by atoms with Crippen LogP contribution in [0.1, 0.15) is 0 Å². The average molecular weight is 214 g/mol. The molecule has 0 aliphatic heterocycles. The van der Waals surface area contributed by atoms with Gasteiger partial charge in [0, 0.05) is 0 Å². The van der Waals surface area contributed by atoms with E-state index in [4.69, 9.17) is 4.55 Å². The fourth-order valence-corrected chi connectivity index (χ4v) is 1.42. The molecule has 0 aromatic rings. The summed E-state index contributed by atoms with van der Waals surface area (Å²) in [5, 5.41) is -3.58. The van der Waals surface area contributed by atoms with E-state index in [1.165, 1.54) is 0 Å². The zero-order valence-electron chi connectivity index (χ0n) is 6.12. The second-order valence-electron chi connectivity index (χ2n) is 2.46. The number of hydrogen-bond acceptors (Lipinski definition) is 2. The largest absolute Gasteiger partial charge is 0.307 e. The minimum absolute atomic E-state index is 0.127. The third kappa shape index (κ3) is 1.61. The molecule has 1 rings (SSSR count). The van der Waals surface area contributed by atoms with Gasteiger partial charge in [0.25, 0.3) is 5.00 Å². The van der Waals surface area contributed by atoms with Gasteiger partial charge in [-0.05, 0) is 18.2 Å². The first kappa shape index (κ1) is 10.3. The zero-order valence-corrected chi connectivity index (χ0v) is 6.93. The molecular formula is C6H5F3O3S. The Morgan fingerprint density at radius 2 is 2.08 bits per heavy atom. The van der Waals surface area contributed by atoms with Gasteiger partial charge in [0.1, 0.15) is 5.83 Å². The molecule has 0 heterocycles. The Morgan fingerprint density at radius 1 is 1.54 bits per heavy atom. The summed E-state index contributed by atoms with van der Waals surface area (Å²) in [5.41, 5.74) is 0. The number of allylic oxidation sites excluding steroid dienone is 3. The van der Waals surface area contributed by atoms with E-state index in [0.29, 0.717) is 6.08 Å². The van der Waals surface area contributed by atoms with Gasteiger partial charge in [-0.15, -0.1) is 0 Å². The second-order valence-corrected chi connectivity index (χ2v) is 4.04. The van der Waals surface area contributed by atoms with E-state index < -0.39 is 27.1 Å². The van der Waals surface area contributed by atoms with Gasteiger partial charge in [0.2, 0.25) is 0 Å². The Balaban J connectivity index is 3.18. The van der Waals surface area contributed by atoms with Gasteiger partial charge in [0.15, 0.2) is 6.17 Å². The molecule has 2 unspecified atom stereocenters. The molecule has 0 spiro atoms. The summed E-state index contributed by atoms with van der Waals surface area (Å²) in [7, 11) is -5.24. The van der Waals surface area contributed by atoms with Crippen LogP contribution < -0.4 is 0 Å². The van der Waals surface area contributed by atoms with Crippen molar-refractivity contribution in [2.75, 3.05) is 0 Å². The van der Waals surface area contributed by atoms with Crippen LogP contribution in [0.4, 0.5) is 13.2 Å². The van der Waals surface area contributed by atoms with Crippen molar-refractivity contribution in [1.82, 2.24) is 0 Å². The first-order valence-corrected chi connectivity index (χ1v) is 4.58. The lowest BCUT2D eigenvalue weighted by Crippen LogP contribution is -2.41. The molecule has 0 amide bonds. The highest BCUT2D eigenvalue weighted by atomic mass is 32.2. The predicted molar refractivity (Wildman–Crippen MR) is 38.6 cm³/mol. The number of halogens is 3. The third-order valence-electron chi connectivity index (χ3n) is 1.55. The molecule has 0 bridgehead atoms. The van der Waals surface area contributed by atoms with Crippen LogP contribution >= 0.6 is 0 Å². The summed E-state index contributed by atoms with van der Waals surface area (Å²) in [5.74, 6) is -1.09. The molecule has 1 aliphatic rings. The van der Waals surface area contributed by atoms with Crippen LogP contribution in [0.2, 0.25) is 0 Å². The second kappa shape index (κ2) is 2.85. The lowest BCUT2D eigenvalue weighted by atomic mass is 10.1. The number of alkyl halides is 2. The molecule has 7 heteroatoms. The monoisotopic (exact) mass is 214 g/mol. The topological polar surface area (TPSA) is 54.4 Å². The maximum Gasteiger partial charge on any atom is 0.307 e. The summed E-state index contributed by atoms with van der Waals surface area (Å²) in [6.45, 7) is 0. The molecule has 0 fully saturated rings. The van der Waals surface area contributed by atoms with Gasteiger partial charge in [-0.1, -0.05) is 0 Å². The lowest BCUT2D eigenvalue weighted by molar-refractivity contribution is 0.185. The highest BCUT2D eigenvalue weighted by Crippen LogP contribution is 2.32. The van der Waals surface area contributed by atoms with Crippen LogP contribution in [0.3, 0.4) is 0 Å². The van der Waals surface area contributed by atoms with Crippen LogP contribution in [0.5, 0.6) is 0 Å². The summed E-state index contributed by atoms with van der Waals surface area (Å²) in [6, 6.07) is 0. The average Bonchev–Trinajstić information content (AvgIpc) is 1.95. The summed E-state index contributed by atoms with van der Waals surface area (Å²) in [4.78, 5) is 0. The first-order valence-electron chi connectivity index (χ1n) is 3.14. The highest BCUT2D eigenvalue weighted by molar-refractivity contribution is 7.87. The summed E-state index contributed by atoms with van der Waals surface area (Å²) < 4.78 is 67.1. The van der Waals surface area contributed by atoms with E-state index in [1.54, 1.807) is 0 Å². The van der Waals surface area contributed by atoms with Crippen molar-refractivity contribution in [1.29, 1.82) is 0 Å². The fourth-order valence-electron chi connectivity index (χ4n) is 0.822. The lowest BCUT2D eigenvalue weighted by Gasteiger charge is -2.22. The number of hydrogen-bond donors (Lipinski definition) is 1. The molecular weight excluding hydrogens is 209 g/mol. The quantitative estimate of drug-likeness (QED) is 0.669. The molecule has 3 nitrogen and oxygen atoms in total. The molecule has 0 saturated heterocycles. The molecule has 2 atom stereocenters. The van der Waals surface area contributed by atoms with Crippen molar-refractivity contribution in [2.24, 2.45) is 0 Å². The van der Waals surface area contributed by atoms with Crippen LogP contribution in [0.25, 0.3) is 0 Å². The third-order valence-corrected chi connectivity index (χ3v) is 2.70. The van der Waals surface area contributed by atoms with Crippen LogP contribution in [-0.2, 0) is 10.1 Å². The van der Waals surface area contributed by atoms with E-state index in [1.807, 2.05) is 0 Å². The summed E-state index contributed by atoms with van der Waals surface area (Å²) >= 11 is 0. The molecule has 1 N–H and O–H groups in total. The fraction of sp³-hybridized carbons (Fsp3) is 0.333. The van der Waals surface area contributed by atoms with Crippen LogP contribution in [0, 0.1) is 0 Å². The minimum atomic E-state index is -5.24. The van der Waals surface area contributed by atoms with E-state index in [9.17, 15) is 21.6 Å². The van der Waals surface area contributed by atoms with Gasteiger partial charge in [0.05, 0.1) is 0 Å². The predicted octanol–water partition coefficient (Wildman–Crippen LogP) is 1.30. The highest BCUT2D eigenvalue weighted by Gasteiger charge is 2.50. The maximum absolute atomic E-state index is 13.1. The van der Waals surface area contributed by atoms with Gasteiger partial charge in [-0.25, -0.2) is 13.2 Å². The molecule has 74 valence electrons. The van der Waals surface area contributed by atoms with Gasteiger partial charge < -0.3 is 0 Å². The molecule has 1 aliphatic carbocycles. The first-order chi connectivity index (χ1) is 5.77. The Hall–Kier alpha value is -0.820. The Morgan fingerprint density at radius 3 is 2.46 bits per heavy atom. The minimum Gasteiger partial charge on any atom is -0.283 e. The van der Waals surface area contributed by atoms with Crippen molar-refractivity contribution >= 4 is 10.1 Å². The van der Waals surface area contributed by atoms with Crippen molar-refractivity contribution < 1.29 is 26.1 Å². The van der Waals surface area contributed by atoms with E-state index >= 15 is 0 Å². The van der Waals surface area contributed by atoms with Gasteiger partial charge >= 0.3 is 10.1 Å². The van der Waals surface area contributed by atoms with Crippen molar-refractivity contribution in [2.45, 2.75) is 11.2 Å². The molecule has 0 aromatic heterocycles. The van der Waals surface area contributed by atoms with E-state index in [-0.39, 0.29) is 12.2 Å². The van der Waals surface area contributed by atoms with Gasteiger partial charge in [-0.3, -0.25) is 4.55 Å². The molecule has 0 aromatic carbocycles. The van der Waals surface area contributed by atoms with Crippen molar-refractivity contribution in [3.05, 3.63) is 24.1 Å². The zero-order chi connectivity index (χ0) is 10.3. The van der Waals surface area contributed by atoms with Crippen LogP contribution in [-0.4, -0.2) is 24.1 Å². The van der Waals surface area contributed by atoms with Crippen molar-refractivity contribution in [3.8, 4) is 0 Å². The smallest absolute Gasteiger partial charge is 0.283 e. The van der Waals surface area contributed by atoms with Crippen LogP contribution in [0.15, 0.2) is 24.1 Å². The normalized spacial score (nSPS) is 34.5. The Labute approximate surface area is 72.3 Å². The molecule has 13 heavy (non-hydrogen) atoms. The maximum atomic E-state index is 13.1. The molecule has 0 saturated carbocycles. The standard InChI is InChI=1S/C6H5F3O3S/c7-4-1-2-6(9,5(8)3-4)13(10,11)12/h1-3,5H,(H,10,11,12).